The van der Waals surface area contributed by atoms with Crippen molar-refractivity contribution in [2.24, 2.45) is 0 Å². The average molecular weight is 263 g/mol. The zero-order valence-electron chi connectivity index (χ0n) is 10.2. The lowest BCUT2D eigenvalue weighted by molar-refractivity contribution is -0.115. The zero-order valence-corrected chi connectivity index (χ0v) is 10.9. The van der Waals surface area contributed by atoms with E-state index < -0.39 is 0 Å². The quantitative estimate of drug-likeness (QED) is 0.833. The van der Waals surface area contributed by atoms with Gasteiger partial charge in [-0.25, -0.2) is 0 Å². The van der Waals surface area contributed by atoms with Crippen molar-refractivity contribution in [3.63, 3.8) is 0 Å². The second-order valence-electron chi connectivity index (χ2n) is 4.87. The number of hydrogen-bond acceptors (Lipinski definition) is 2. The molecule has 1 aliphatic carbocycles. The number of ketones is 1. The molecule has 0 radical (unpaired) electrons. The standard InChI is InChI=1S/C15H15ClO2/c16-13-7-11-5-6-18-15(11)12(8-13)9-14(17)10-3-1-2-4-10/h3,7-8H,1-2,4-6,9H2. The van der Waals surface area contributed by atoms with Crippen LogP contribution in [0.2, 0.25) is 5.02 Å². The van der Waals surface area contributed by atoms with Gasteiger partial charge in [0.15, 0.2) is 5.78 Å². The third-order valence-electron chi connectivity index (χ3n) is 3.58. The normalized spacial score (nSPS) is 17.3. The van der Waals surface area contributed by atoms with Crippen molar-refractivity contribution in [2.45, 2.75) is 32.1 Å². The van der Waals surface area contributed by atoms with Gasteiger partial charge in [-0.1, -0.05) is 17.7 Å². The molecule has 3 rings (SSSR count). The van der Waals surface area contributed by atoms with Crippen LogP contribution in [0.1, 0.15) is 30.4 Å². The van der Waals surface area contributed by atoms with E-state index in [1.807, 2.05) is 12.1 Å². The molecule has 18 heavy (non-hydrogen) atoms. The molecule has 0 atom stereocenters. The lowest BCUT2D eigenvalue weighted by atomic mass is 10.00. The topological polar surface area (TPSA) is 26.3 Å². The van der Waals surface area contributed by atoms with E-state index in [4.69, 9.17) is 16.3 Å². The number of halogens is 1. The fourth-order valence-electron chi connectivity index (χ4n) is 2.69. The molecule has 2 nitrogen and oxygen atoms in total. The molecule has 1 heterocycles. The maximum Gasteiger partial charge on any atom is 0.163 e. The predicted octanol–water partition coefficient (Wildman–Crippen LogP) is 3.50. The molecule has 0 bridgehead atoms. The number of rotatable bonds is 3. The Bertz CT molecular complexity index is 532. The highest BCUT2D eigenvalue weighted by Gasteiger charge is 2.21. The summed E-state index contributed by atoms with van der Waals surface area (Å²) < 4.78 is 5.62. The fraction of sp³-hybridized carbons (Fsp3) is 0.400. The SMILES string of the molecule is O=C(Cc1cc(Cl)cc2c1OCC2)C1=CCCC1. The maximum absolute atomic E-state index is 12.2. The molecule has 0 amide bonds. The Morgan fingerprint density at radius 1 is 1.33 bits per heavy atom. The van der Waals surface area contributed by atoms with Crippen LogP contribution in [0.3, 0.4) is 0 Å². The van der Waals surface area contributed by atoms with Gasteiger partial charge in [-0.3, -0.25) is 4.79 Å². The van der Waals surface area contributed by atoms with Gasteiger partial charge in [0.2, 0.25) is 0 Å². The summed E-state index contributed by atoms with van der Waals surface area (Å²) in [6, 6.07) is 3.80. The Balaban J connectivity index is 1.86. The van der Waals surface area contributed by atoms with E-state index in [1.165, 1.54) is 0 Å². The van der Waals surface area contributed by atoms with Crippen LogP contribution in [0, 0.1) is 0 Å². The number of allylic oxidation sites excluding steroid dienone is 2. The lowest BCUT2D eigenvalue weighted by Crippen LogP contribution is -2.06. The Morgan fingerprint density at radius 3 is 3.00 bits per heavy atom. The van der Waals surface area contributed by atoms with Crippen LogP contribution >= 0.6 is 11.6 Å². The van der Waals surface area contributed by atoms with Crippen LogP contribution in [0.4, 0.5) is 0 Å². The summed E-state index contributed by atoms with van der Waals surface area (Å²) in [5.41, 5.74) is 3.04. The maximum atomic E-state index is 12.2. The minimum atomic E-state index is 0.215. The Hall–Kier alpha value is -1.28. The van der Waals surface area contributed by atoms with E-state index in [9.17, 15) is 4.79 Å². The summed E-state index contributed by atoms with van der Waals surface area (Å²) in [5.74, 6) is 1.10. The van der Waals surface area contributed by atoms with Gasteiger partial charge in [0, 0.05) is 23.4 Å². The van der Waals surface area contributed by atoms with Crippen molar-refractivity contribution >= 4 is 17.4 Å². The van der Waals surface area contributed by atoms with Crippen molar-refractivity contribution in [3.8, 4) is 5.75 Å². The third kappa shape index (κ3) is 2.17. The van der Waals surface area contributed by atoms with Crippen molar-refractivity contribution < 1.29 is 9.53 Å². The molecular weight excluding hydrogens is 248 g/mol. The zero-order chi connectivity index (χ0) is 12.5. The molecule has 0 N–H and O–H groups in total. The van der Waals surface area contributed by atoms with E-state index in [2.05, 4.69) is 6.08 Å². The van der Waals surface area contributed by atoms with E-state index in [1.54, 1.807) is 0 Å². The van der Waals surface area contributed by atoms with E-state index in [-0.39, 0.29) is 5.78 Å². The Morgan fingerprint density at radius 2 is 2.22 bits per heavy atom. The molecule has 1 aliphatic heterocycles. The second-order valence-corrected chi connectivity index (χ2v) is 5.31. The van der Waals surface area contributed by atoms with Gasteiger partial charge >= 0.3 is 0 Å². The summed E-state index contributed by atoms with van der Waals surface area (Å²) in [6.45, 7) is 0.694. The molecule has 0 fully saturated rings. The molecular formula is C15H15ClO2. The molecule has 1 aromatic rings. The molecule has 2 aliphatic rings. The molecule has 0 saturated carbocycles. The van der Waals surface area contributed by atoms with Gasteiger partial charge < -0.3 is 4.74 Å². The summed E-state index contributed by atoms with van der Waals surface area (Å²) in [6.07, 6.45) is 6.42. The third-order valence-corrected chi connectivity index (χ3v) is 3.79. The number of Topliss-reactive ketones (excluding diaryl/α,β-unsaturated/α-hetero) is 1. The van der Waals surface area contributed by atoms with Crippen LogP contribution in [-0.4, -0.2) is 12.4 Å². The van der Waals surface area contributed by atoms with E-state index in [0.717, 1.165) is 48.1 Å². The summed E-state index contributed by atoms with van der Waals surface area (Å²) >= 11 is 6.09. The second kappa shape index (κ2) is 4.77. The van der Waals surface area contributed by atoms with Gasteiger partial charge in [-0.2, -0.15) is 0 Å². The van der Waals surface area contributed by atoms with E-state index >= 15 is 0 Å². The molecule has 0 spiro atoms. The van der Waals surface area contributed by atoms with Gasteiger partial charge in [0.05, 0.1) is 6.61 Å². The summed E-state index contributed by atoms with van der Waals surface area (Å²) in [5, 5.41) is 0.697. The van der Waals surface area contributed by atoms with Gasteiger partial charge in [0.1, 0.15) is 5.75 Å². The van der Waals surface area contributed by atoms with Crippen LogP contribution in [0.5, 0.6) is 5.75 Å². The highest BCUT2D eigenvalue weighted by Crippen LogP contribution is 2.34. The fourth-order valence-corrected chi connectivity index (χ4v) is 2.95. The first-order valence-corrected chi connectivity index (χ1v) is 6.78. The molecule has 0 saturated heterocycles. The van der Waals surface area contributed by atoms with Gasteiger partial charge in [-0.15, -0.1) is 0 Å². The summed E-state index contributed by atoms with van der Waals surface area (Å²) in [4.78, 5) is 12.2. The average Bonchev–Trinajstić information content (AvgIpc) is 2.98. The van der Waals surface area contributed by atoms with Crippen LogP contribution in [0.25, 0.3) is 0 Å². The lowest BCUT2D eigenvalue weighted by Gasteiger charge is -2.08. The van der Waals surface area contributed by atoms with Crippen LogP contribution < -0.4 is 4.74 Å². The molecule has 0 unspecified atom stereocenters. The smallest absolute Gasteiger partial charge is 0.163 e. The number of carbonyl (C=O) groups excluding carboxylic acids is 1. The summed E-state index contributed by atoms with van der Waals surface area (Å²) in [7, 11) is 0. The first-order valence-electron chi connectivity index (χ1n) is 6.40. The minimum absolute atomic E-state index is 0.215. The largest absolute Gasteiger partial charge is 0.493 e. The highest BCUT2D eigenvalue weighted by molar-refractivity contribution is 6.30. The Labute approximate surface area is 112 Å². The van der Waals surface area contributed by atoms with Crippen molar-refractivity contribution in [1.29, 1.82) is 0 Å². The van der Waals surface area contributed by atoms with Crippen molar-refractivity contribution in [2.75, 3.05) is 6.61 Å². The predicted molar refractivity (Wildman–Crippen MR) is 71.3 cm³/mol. The first-order chi connectivity index (χ1) is 8.74. The highest BCUT2D eigenvalue weighted by atomic mass is 35.5. The molecule has 1 aromatic carbocycles. The molecule has 94 valence electrons. The minimum Gasteiger partial charge on any atom is -0.493 e. The number of hydrogen-bond donors (Lipinski definition) is 0. The number of fused-ring (bicyclic) bond motifs is 1. The first kappa shape index (κ1) is 11.8. The number of ether oxygens (including phenoxy) is 1. The van der Waals surface area contributed by atoms with Gasteiger partial charge in [-0.05, 0) is 42.5 Å². The van der Waals surface area contributed by atoms with Crippen molar-refractivity contribution in [1.82, 2.24) is 0 Å². The number of benzene rings is 1. The monoisotopic (exact) mass is 262 g/mol. The molecule has 0 aromatic heterocycles. The Kier molecular flexibility index (Phi) is 3.13. The van der Waals surface area contributed by atoms with Crippen molar-refractivity contribution in [3.05, 3.63) is 39.9 Å². The number of carbonyl (C=O) groups is 1. The molecule has 3 heteroatoms. The van der Waals surface area contributed by atoms with E-state index in [0.29, 0.717) is 18.1 Å². The van der Waals surface area contributed by atoms with Gasteiger partial charge in [0.25, 0.3) is 0 Å². The van der Waals surface area contributed by atoms with Crippen LogP contribution in [0.15, 0.2) is 23.8 Å². The van der Waals surface area contributed by atoms with Crippen LogP contribution in [-0.2, 0) is 17.6 Å².